The molecule has 0 aliphatic heterocycles. The quantitative estimate of drug-likeness (QED) is 0.572. The molecule has 2 aromatic rings. The highest BCUT2D eigenvalue weighted by Crippen LogP contribution is 2.19. The molecule has 4 heteroatoms. The Morgan fingerprint density at radius 3 is 1.45 bits per heavy atom. The first kappa shape index (κ1) is 18.8. The Balaban J connectivity index is 0.000000422. The number of hydrogen-bond acceptors (Lipinski definition) is 3. The van der Waals surface area contributed by atoms with Gasteiger partial charge in [-0.15, -0.1) is 0 Å². The molecule has 120 valence electrons. The molecule has 2 aromatic carbocycles. The Labute approximate surface area is 136 Å². The minimum absolute atomic E-state index is 0.0833. The fraction of sp³-hybridized carbons (Fsp3) is 0.333. The molecule has 0 aromatic heterocycles. The summed E-state index contributed by atoms with van der Waals surface area (Å²) in [5.41, 5.74) is 2.34. The second-order valence-electron chi connectivity index (χ2n) is 4.59. The largest absolute Gasteiger partial charge is 0.331 e. The van der Waals surface area contributed by atoms with Crippen molar-refractivity contribution in [2.24, 2.45) is 0 Å². The third-order valence-corrected chi connectivity index (χ3v) is 3.31. The van der Waals surface area contributed by atoms with Gasteiger partial charge in [0.2, 0.25) is 0 Å². The Kier molecular flexibility index (Phi) is 11.5. The van der Waals surface area contributed by atoms with Gasteiger partial charge in [-0.25, -0.2) is 0 Å². The molecular formula is C18H26NO2P. The summed E-state index contributed by atoms with van der Waals surface area (Å²) < 4.78 is 10.9. The van der Waals surface area contributed by atoms with E-state index < -0.39 is 0 Å². The van der Waals surface area contributed by atoms with Crippen molar-refractivity contribution in [2.45, 2.75) is 27.1 Å². The van der Waals surface area contributed by atoms with Crippen molar-refractivity contribution in [3.63, 3.8) is 0 Å². The van der Waals surface area contributed by atoms with Crippen molar-refractivity contribution in [1.82, 2.24) is 5.32 Å². The molecule has 1 N–H and O–H groups in total. The van der Waals surface area contributed by atoms with Crippen LogP contribution in [-0.2, 0) is 22.3 Å². The van der Waals surface area contributed by atoms with Gasteiger partial charge >= 0.3 is 0 Å². The molecule has 0 aliphatic carbocycles. The number of hydrogen-bond donors (Lipinski definition) is 1. The first-order valence-corrected chi connectivity index (χ1v) is 8.45. The third-order valence-electron chi connectivity index (χ3n) is 2.78. The van der Waals surface area contributed by atoms with Crippen LogP contribution in [0.2, 0.25) is 0 Å². The molecule has 0 spiro atoms. The molecule has 0 amide bonds. The predicted molar refractivity (Wildman–Crippen MR) is 95.0 cm³/mol. The molecule has 0 saturated carbocycles. The first-order valence-electron chi connectivity index (χ1n) is 7.64. The van der Waals surface area contributed by atoms with Gasteiger partial charge in [-0.1, -0.05) is 74.5 Å². The van der Waals surface area contributed by atoms with Crippen molar-refractivity contribution in [3.05, 3.63) is 71.8 Å². The topological polar surface area (TPSA) is 30.5 Å². The van der Waals surface area contributed by atoms with E-state index >= 15 is 0 Å². The van der Waals surface area contributed by atoms with Crippen LogP contribution in [0.1, 0.15) is 25.0 Å². The van der Waals surface area contributed by atoms with Crippen molar-refractivity contribution in [1.29, 1.82) is 0 Å². The molecule has 0 fully saturated rings. The molecule has 0 unspecified atom stereocenters. The Bertz CT molecular complexity index is 422. The Morgan fingerprint density at radius 1 is 0.727 bits per heavy atom. The second kappa shape index (κ2) is 13.4. The molecule has 2 rings (SSSR count). The third kappa shape index (κ3) is 9.64. The second-order valence-corrected chi connectivity index (χ2v) is 5.33. The zero-order chi connectivity index (χ0) is 15.9. The molecule has 0 saturated heterocycles. The Morgan fingerprint density at radius 2 is 1.14 bits per heavy atom. The monoisotopic (exact) mass is 319 g/mol. The van der Waals surface area contributed by atoms with Gasteiger partial charge < -0.3 is 14.4 Å². The molecule has 0 radical (unpaired) electrons. The van der Waals surface area contributed by atoms with E-state index in [1.807, 2.05) is 60.7 Å². The van der Waals surface area contributed by atoms with Gasteiger partial charge in [-0.2, -0.15) is 0 Å². The summed E-state index contributed by atoms with van der Waals surface area (Å²) in [4.78, 5) is 0. The van der Waals surface area contributed by atoms with Crippen LogP contribution >= 0.6 is 9.03 Å². The van der Waals surface area contributed by atoms with Gasteiger partial charge in [0.15, 0.2) is 9.03 Å². The van der Waals surface area contributed by atoms with Crippen molar-refractivity contribution >= 4 is 9.03 Å². The zero-order valence-corrected chi connectivity index (χ0v) is 14.4. The maximum atomic E-state index is 5.45. The molecule has 22 heavy (non-hydrogen) atoms. The molecule has 0 bridgehead atoms. The highest BCUT2D eigenvalue weighted by atomic mass is 31.1. The number of nitrogens with one attached hydrogen (secondary N) is 1. The summed E-state index contributed by atoms with van der Waals surface area (Å²) in [5, 5.41) is 3.11. The Hall–Kier alpha value is -1.25. The lowest BCUT2D eigenvalue weighted by atomic mass is 10.2. The van der Waals surface area contributed by atoms with Gasteiger partial charge in [-0.3, -0.25) is 0 Å². The predicted octanol–water partition coefficient (Wildman–Crippen LogP) is 4.54. The van der Waals surface area contributed by atoms with Crippen LogP contribution in [0.15, 0.2) is 60.7 Å². The van der Waals surface area contributed by atoms with Gasteiger partial charge in [0.1, 0.15) is 0 Å². The number of rotatable bonds is 8. The minimum Gasteiger partial charge on any atom is -0.331 e. The van der Waals surface area contributed by atoms with E-state index in [1.54, 1.807) is 0 Å². The lowest BCUT2D eigenvalue weighted by Crippen LogP contribution is -2.09. The van der Waals surface area contributed by atoms with E-state index in [-0.39, 0.29) is 9.03 Å². The molecule has 0 aliphatic rings. The van der Waals surface area contributed by atoms with Crippen molar-refractivity contribution in [3.8, 4) is 0 Å². The fourth-order valence-corrected chi connectivity index (χ4v) is 2.20. The summed E-state index contributed by atoms with van der Waals surface area (Å²) in [6, 6.07) is 20.2. The average Bonchev–Trinajstić information content (AvgIpc) is 2.58. The SMILES string of the molecule is CCNCC.c1ccc(COPOCc2ccccc2)cc1. The van der Waals surface area contributed by atoms with E-state index in [0.29, 0.717) is 13.2 Å². The van der Waals surface area contributed by atoms with Gasteiger partial charge in [0, 0.05) is 0 Å². The van der Waals surface area contributed by atoms with Crippen LogP contribution in [0, 0.1) is 0 Å². The smallest absolute Gasteiger partial charge is 0.155 e. The maximum Gasteiger partial charge on any atom is 0.155 e. The van der Waals surface area contributed by atoms with E-state index in [0.717, 1.165) is 13.1 Å². The summed E-state index contributed by atoms with van der Waals surface area (Å²) >= 11 is 0. The van der Waals surface area contributed by atoms with Crippen LogP contribution < -0.4 is 5.32 Å². The van der Waals surface area contributed by atoms with Crippen molar-refractivity contribution < 1.29 is 9.05 Å². The van der Waals surface area contributed by atoms with E-state index in [4.69, 9.17) is 9.05 Å². The highest BCUT2D eigenvalue weighted by molar-refractivity contribution is 7.26. The van der Waals surface area contributed by atoms with E-state index in [1.165, 1.54) is 11.1 Å². The van der Waals surface area contributed by atoms with Gasteiger partial charge in [0.25, 0.3) is 0 Å². The number of benzene rings is 2. The summed E-state index contributed by atoms with van der Waals surface area (Å²) in [7, 11) is 0.0833. The van der Waals surface area contributed by atoms with Crippen LogP contribution in [0.4, 0.5) is 0 Å². The van der Waals surface area contributed by atoms with E-state index in [9.17, 15) is 0 Å². The van der Waals surface area contributed by atoms with E-state index in [2.05, 4.69) is 19.2 Å². The minimum atomic E-state index is 0.0833. The zero-order valence-electron chi connectivity index (χ0n) is 13.4. The molecule has 0 atom stereocenters. The lowest BCUT2D eigenvalue weighted by Gasteiger charge is -2.05. The van der Waals surface area contributed by atoms with Gasteiger partial charge in [-0.05, 0) is 24.2 Å². The fourth-order valence-electron chi connectivity index (χ4n) is 1.67. The average molecular weight is 319 g/mol. The highest BCUT2D eigenvalue weighted by Gasteiger charge is 1.94. The molecular weight excluding hydrogens is 293 g/mol. The standard InChI is InChI=1S/C14H15O2P.C4H11N/c1-3-7-13(8-4-1)11-15-17-16-12-14-9-5-2-6-10-14;1-3-5-4-2/h1-10,17H,11-12H2;5H,3-4H2,1-2H3. The summed E-state index contributed by atoms with van der Waals surface area (Å²) in [6.45, 7) is 7.60. The van der Waals surface area contributed by atoms with Crippen LogP contribution in [0.3, 0.4) is 0 Å². The first-order chi connectivity index (χ1) is 10.9. The van der Waals surface area contributed by atoms with Crippen LogP contribution in [0.5, 0.6) is 0 Å². The van der Waals surface area contributed by atoms with Gasteiger partial charge in [0.05, 0.1) is 13.2 Å². The molecule has 3 nitrogen and oxygen atoms in total. The molecule has 0 heterocycles. The van der Waals surface area contributed by atoms with Crippen LogP contribution in [0.25, 0.3) is 0 Å². The summed E-state index contributed by atoms with van der Waals surface area (Å²) in [5.74, 6) is 0. The lowest BCUT2D eigenvalue weighted by molar-refractivity contribution is 0.253. The maximum absolute atomic E-state index is 5.45. The normalized spacial score (nSPS) is 9.91. The van der Waals surface area contributed by atoms with Crippen molar-refractivity contribution in [2.75, 3.05) is 13.1 Å². The summed E-state index contributed by atoms with van der Waals surface area (Å²) in [6.07, 6.45) is 0. The van der Waals surface area contributed by atoms with Crippen LogP contribution in [-0.4, -0.2) is 13.1 Å².